The molecule has 0 fully saturated rings. The number of thiazole rings is 1. The maximum Gasteiger partial charge on any atom is 0.416 e. The first-order valence-corrected chi connectivity index (χ1v) is 12.8. The molecule has 4 heterocycles. The van der Waals surface area contributed by atoms with Gasteiger partial charge in [0.05, 0.1) is 21.7 Å². The van der Waals surface area contributed by atoms with Gasteiger partial charge in [0.25, 0.3) is 11.5 Å². The third-order valence-corrected chi connectivity index (χ3v) is 7.72. The van der Waals surface area contributed by atoms with Crippen LogP contribution in [0.15, 0.2) is 70.8 Å². The largest absolute Gasteiger partial charge is 0.416 e. The van der Waals surface area contributed by atoms with Crippen molar-refractivity contribution in [3.63, 3.8) is 0 Å². The highest BCUT2D eigenvalue weighted by Gasteiger charge is 2.36. The maximum atomic E-state index is 13.5. The monoisotopic (exact) mass is 553 g/mol. The molecule has 1 N–H and O–H groups in total. The zero-order valence-corrected chi connectivity index (χ0v) is 20.7. The Morgan fingerprint density at radius 1 is 1.03 bits per heavy atom. The summed E-state index contributed by atoms with van der Waals surface area (Å²) in [6, 6.07) is 14.6. The van der Waals surface area contributed by atoms with E-state index in [1.807, 2.05) is 17.5 Å². The van der Waals surface area contributed by atoms with Crippen molar-refractivity contribution in [3.05, 3.63) is 92.1 Å². The highest BCUT2D eigenvalue weighted by Crippen LogP contribution is 2.35. The number of nitrogens with one attached hydrogen (secondary N) is 1. The van der Waals surface area contributed by atoms with E-state index in [1.165, 1.54) is 28.4 Å². The Labute approximate surface area is 219 Å². The summed E-state index contributed by atoms with van der Waals surface area (Å²) in [6.07, 6.45) is -4.57. The molecule has 0 aliphatic carbocycles. The van der Waals surface area contributed by atoms with Crippen molar-refractivity contribution in [2.75, 3.05) is 16.8 Å². The SMILES string of the molecule is O=C(CN1C(=O)C(=c2sc3nc(-c4cccs4)nn3c2=O)c2ccccc21)Nc1cccc(C(F)(F)F)c1. The van der Waals surface area contributed by atoms with Crippen LogP contribution in [0.1, 0.15) is 11.1 Å². The van der Waals surface area contributed by atoms with Gasteiger partial charge in [-0.05, 0) is 35.7 Å². The topological polar surface area (TPSA) is 96.7 Å². The van der Waals surface area contributed by atoms with Crippen LogP contribution in [-0.4, -0.2) is 33.0 Å². The van der Waals surface area contributed by atoms with Crippen molar-refractivity contribution in [1.82, 2.24) is 14.6 Å². The first kappa shape index (κ1) is 24.0. The zero-order chi connectivity index (χ0) is 26.6. The van der Waals surface area contributed by atoms with E-state index in [9.17, 15) is 27.6 Å². The van der Waals surface area contributed by atoms with E-state index in [0.717, 1.165) is 32.9 Å². The molecule has 2 aromatic carbocycles. The predicted molar refractivity (Wildman–Crippen MR) is 137 cm³/mol. The Morgan fingerprint density at radius 3 is 2.58 bits per heavy atom. The molecule has 0 spiro atoms. The third kappa shape index (κ3) is 4.05. The lowest BCUT2D eigenvalue weighted by Crippen LogP contribution is -2.37. The molecular weight excluding hydrogens is 539 g/mol. The molecule has 5 aromatic rings. The van der Waals surface area contributed by atoms with Crippen LogP contribution < -0.4 is 20.3 Å². The Bertz CT molecular complexity index is 1840. The number of aromatic nitrogens is 3. The normalized spacial score (nSPS) is 14.8. The summed E-state index contributed by atoms with van der Waals surface area (Å²) in [5.74, 6) is -0.865. The average molecular weight is 554 g/mol. The molecule has 0 bridgehead atoms. The minimum Gasteiger partial charge on any atom is -0.325 e. The molecule has 0 unspecified atom stereocenters. The number of para-hydroxylation sites is 1. The fraction of sp³-hybridized carbons (Fsp3) is 0.0800. The van der Waals surface area contributed by atoms with Gasteiger partial charge in [0.2, 0.25) is 10.9 Å². The lowest BCUT2D eigenvalue weighted by molar-refractivity contribution is -0.137. The molecular formula is C25H14F3N5O3S2. The Hall–Kier alpha value is -4.36. The number of carbonyl (C=O) groups is 2. The van der Waals surface area contributed by atoms with Crippen LogP contribution in [0.25, 0.3) is 21.2 Å². The minimum absolute atomic E-state index is 0.0529. The highest BCUT2D eigenvalue weighted by molar-refractivity contribution is 7.15. The van der Waals surface area contributed by atoms with E-state index >= 15 is 0 Å². The van der Waals surface area contributed by atoms with Gasteiger partial charge < -0.3 is 5.32 Å². The number of carbonyl (C=O) groups excluding carboxylic acids is 2. The van der Waals surface area contributed by atoms with E-state index in [4.69, 9.17) is 0 Å². The number of hydrogen-bond acceptors (Lipinski definition) is 7. The van der Waals surface area contributed by atoms with E-state index in [-0.39, 0.29) is 15.8 Å². The average Bonchev–Trinajstić information content (AvgIpc) is 3.65. The van der Waals surface area contributed by atoms with Gasteiger partial charge in [-0.1, -0.05) is 41.7 Å². The fourth-order valence-electron chi connectivity index (χ4n) is 4.17. The van der Waals surface area contributed by atoms with Gasteiger partial charge in [0.1, 0.15) is 11.1 Å². The summed E-state index contributed by atoms with van der Waals surface area (Å²) in [4.78, 5) is 46.3. The number of amides is 2. The predicted octanol–water partition coefficient (Wildman–Crippen LogP) is 3.80. The lowest BCUT2D eigenvalue weighted by atomic mass is 10.1. The van der Waals surface area contributed by atoms with E-state index in [0.29, 0.717) is 22.0 Å². The second-order valence-electron chi connectivity index (χ2n) is 8.25. The maximum absolute atomic E-state index is 13.5. The van der Waals surface area contributed by atoms with Gasteiger partial charge in [0.15, 0.2) is 5.82 Å². The van der Waals surface area contributed by atoms with Crippen molar-refractivity contribution in [2.24, 2.45) is 0 Å². The third-order valence-electron chi connectivity index (χ3n) is 5.82. The molecule has 1 aliphatic heterocycles. The molecule has 13 heteroatoms. The van der Waals surface area contributed by atoms with Crippen LogP contribution in [0, 0.1) is 0 Å². The molecule has 6 rings (SSSR count). The summed E-state index contributed by atoms with van der Waals surface area (Å²) in [5, 5.41) is 8.58. The van der Waals surface area contributed by atoms with E-state index in [2.05, 4.69) is 15.4 Å². The van der Waals surface area contributed by atoms with Crippen LogP contribution >= 0.6 is 22.7 Å². The summed E-state index contributed by atoms with van der Waals surface area (Å²) in [7, 11) is 0. The zero-order valence-electron chi connectivity index (χ0n) is 19.0. The number of halogens is 3. The summed E-state index contributed by atoms with van der Waals surface area (Å²) in [5.41, 5.74) is -0.479. The first-order valence-electron chi connectivity index (χ1n) is 11.1. The molecule has 2 amide bonds. The smallest absolute Gasteiger partial charge is 0.325 e. The van der Waals surface area contributed by atoms with E-state index < -0.39 is 35.7 Å². The number of nitrogens with zero attached hydrogens (tertiary/aromatic N) is 4. The number of alkyl halides is 3. The molecule has 0 saturated heterocycles. The van der Waals surface area contributed by atoms with Crippen molar-refractivity contribution in [3.8, 4) is 10.7 Å². The Morgan fingerprint density at radius 2 is 1.84 bits per heavy atom. The van der Waals surface area contributed by atoms with Crippen molar-refractivity contribution < 1.29 is 22.8 Å². The number of benzene rings is 2. The lowest BCUT2D eigenvalue weighted by Gasteiger charge is -2.17. The van der Waals surface area contributed by atoms with Gasteiger partial charge in [-0.25, -0.2) is 0 Å². The Balaban J connectivity index is 1.35. The molecule has 1 aliphatic rings. The Kier molecular flexibility index (Phi) is 5.61. The summed E-state index contributed by atoms with van der Waals surface area (Å²) >= 11 is 2.46. The van der Waals surface area contributed by atoms with Crippen LogP contribution in [0.3, 0.4) is 0 Å². The summed E-state index contributed by atoms with van der Waals surface area (Å²) < 4.78 is 40.4. The van der Waals surface area contributed by atoms with Crippen molar-refractivity contribution in [2.45, 2.75) is 6.18 Å². The molecule has 0 atom stereocenters. The standard InChI is InChI=1S/C25H14F3N5O3S2/c26-25(27,28)13-5-3-6-14(11-13)29-18(34)12-32-16-8-2-1-7-15(16)19(22(32)35)20-23(36)33-24(38-20)30-21(31-33)17-9-4-10-37-17/h1-11H,12H2,(H,29,34). The molecule has 3 aromatic heterocycles. The number of hydrogen-bond donors (Lipinski definition) is 1. The van der Waals surface area contributed by atoms with Crippen molar-refractivity contribution >= 4 is 56.4 Å². The second-order valence-corrected chi connectivity index (χ2v) is 10.2. The molecule has 0 saturated carbocycles. The molecule has 8 nitrogen and oxygen atoms in total. The molecule has 190 valence electrons. The van der Waals surface area contributed by atoms with Gasteiger partial charge in [-0.2, -0.15) is 22.7 Å². The molecule has 0 radical (unpaired) electrons. The highest BCUT2D eigenvalue weighted by atomic mass is 32.1. The second kappa shape index (κ2) is 8.89. The first-order chi connectivity index (χ1) is 18.2. The minimum atomic E-state index is -4.57. The van der Waals surface area contributed by atoms with Gasteiger partial charge in [-0.3, -0.25) is 19.3 Å². The van der Waals surface area contributed by atoms with Crippen LogP contribution in [0.2, 0.25) is 0 Å². The van der Waals surface area contributed by atoms with Crippen LogP contribution in [0.5, 0.6) is 0 Å². The number of anilines is 2. The van der Waals surface area contributed by atoms with Gasteiger partial charge >= 0.3 is 6.18 Å². The molecule has 38 heavy (non-hydrogen) atoms. The fourth-order valence-corrected chi connectivity index (χ4v) is 5.82. The number of thiophene rings is 1. The van der Waals surface area contributed by atoms with Gasteiger partial charge in [-0.15, -0.1) is 16.4 Å². The summed E-state index contributed by atoms with van der Waals surface area (Å²) in [6.45, 7) is -0.465. The van der Waals surface area contributed by atoms with Crippen LogP contribution in [-0.2, 0) is 15.8 Å². The number of rotatable bonds is 4. The van der Waals surface area contributed by atoms with Gasteiger partial charge in [0, 0.05) is 11.3 Å². The van der Waals surface area contributed by atoms with Crippen LogP contribution in [0.4, 0.5) is 24.5 Å². The number of fused-ring (bicyclic) bond motifs is 2. The van der Waals surface area contributed by atoms with E-state index in [1.54, 1.807) is 24.3 Å². The quantitative estimate of drug-likeness (QED) is 0.365. The van der Waals surface area contributed by atoms with Crippen molar-refractivity contribution in [1.29, 1.82) is 0 Å².